The maximum atomic E-state index is 13.5. The smallest absolute Gasteiger partial charge is 0.194 e. The fourth-order valence-electron chi connectivity index (χ4n) is 5.74. The summed E-state index contributed by atoms with van der Waals surface area (Å²) >= 11 is 0. The Morgan fingerprint density at radius 2 is 1.23 bits per heavy atom. The summed E-state index contributed by atoms with van der Waals surface area (Å²) in [4.78, 5) is 0. The van der Waals surface area contributed by atoms with Crippen molar-refractivity contribution in [2.75, 3.05) is 0 Å². The van der Waals surface area contributed by atoms with Gasteiger partial charge in [0.15, 0.2) is 17.5 Å². The van der Waals surface area contributed by atoms with Crippen molar-refractivity contribution in [3.63, 3.8) is 0 Å². The number of hydrogen-bond acceptors (Lipinski definition) is 1. The molecule has 2 fully saturated rings. The molecule has 30 heavy (non-hydrogen) atoms. The van der Waals surface area contributed by atoms with E-state index in [0.29, 0.717) is 29.0 Å². The third-order valence-corrected chi connectivity index (χ3v) is 7.70. The summed E-state index contributed by atoms with van der Waals surface area (Å²) in [5.74, 6) is -0.745. The summed E-state index contributed by atoms with van der Waals surface area (Å²) in [5.41, 5.74) is 8.45. The fraction of sp³-hybridized carbons (Fsp3) is 0.538. The van der Waals surface area contributed by atoms with Crippen molar-refractivity contribution in [2.24, 2.45) is 23.5 Å². The molecule has 0 aromatic heterocycles. The second-order valence-electron chi connectivity index (χ2n) is 9.52. The lowest BCUT2D eigenvalue weighted by atomic mass is 9.67. The number of hydrogen-bond donors (Lipinski definition) is 1. The van der Waals surface area contributed by atoms with E-state index >= 15 is 0 Å². The minimum absolute atomic E-state index is 0.326. The van der Waals surface area contributed by atoms with E-state index in [2.05, 4.69) is 19.1 Å². The first-order valence-corrected chi connectivity index (χ1v) is 11.4. The van der Waals surface area contributed by atoms with Gasteiger partial charge in [-0.3, -0.25) is 0 Å². The summed E-state index contributed by atoms with van der Waals surface area (Å²) < 4.78 is 40.2. The molecule has 2 N–H and O–H groups in total. The molecule has 2 aromatic carbocycles. The zero-order valence-electron chi connectivity index (χ0n) is 17.7. The molecule has 0 radical (unpaired) electrons. The molecule has 1 nitrogen and oxygen atoms in total. The molecule has 0 saturated heterocycles. The van der Waals surface area contributed by atoms with Crippen molar-refractivity contribution in [3.05, 3.63) is 59.4 Å². The summed E-state index contributed by atoms with van der Waals surface area (Å²) in [6.07, 6.45) is 10.2. The highest BCUT2D eigenvalue weighted by molar-refractivity contribution is 5.64. The maximum absolute atomic E-state index is 13.5. The van der Waals surface area contributed by atoms with E-state index in [4.69, 9.17) is 5.73 Å². The van der Waals surface area contributed by atoms with E-state index < -0.39 is 17.5 Å². The van der Waals surface area contributed by atoms with Gasteiger partial charge in [0.2, 0.25) is 0 Å². The molecule has 1 unspecified atom stereocenters. The molecule has 4 heteroatoms. The van der Waals surface area contributed by atoms with Crippen LogP contribution in [0, 0.1) is 35.2 Å². The van der Waals surface area contributed by atoms with Gasteiger partial charge in [0, 0.05) is 6.04 Å². The first kappa shape index (κ1) is 21.4. The van der Waals surface area contributed by atoms with Gasteiger partial charge < -0.3 is 5.73 Å². The molecular weight excluding hydrogens is 383 g/mol. The van der Waals surface area contributed by atoms with E-state index in [-0.39, 0.29) is 0 Å². The van der Waals surface area contributed by atoms with Gasteiger partial charge in [-0.2, -0.15) is 0 Å². The van der Waals surface area contributed by atoms with Crippen LogP contribution in [0.2, 0.25) is 0 Å². The van der Waals surface area contributed by atoms with Crippen LogP contribution in [0.25, 0.3) is 11.1 Å². The molecule has 0 spiro atoms. The normalized spacial score (nSPS) is 28.3. The van der Waals surface area contributed by atoms with Crippen molar-refractivity contribution in [1.29, 1.82) is 0 Å². The number of halogens is 3. The molecule has 0 bridgehead atoms. The minimum atomic E-state index is -1.42. The average Bonchev–Trinajstić information content (AvgIpc) is 2.77. The first-order chi connectivity index (χ1) is 14.4. The van der Waals surface area contributed by atoms with E-state index in [9.17, 15) is 13.2 Å². The predicted molar refractivity (Wildman–Crippen MR) is 116 cm³/mol. The molecule has 0 aliphatic heterocycles. The Labute approximate surface area is 177 Å². The molecule has 2 aliphatic rings. The minimum Gasteiger partial charge on any atom is -0.328 e. The van der Waals surface area contributed by atoms with E-state index in [1.165, 1.54) is 56.9 Å². The molecule has 2 saturated carbocycles. The second-order valence-corrected chi connectivity index (χ2v) is 9.52. The molecule has 0 amide bonds. The zero-order valence-corrected chi connectivity index (χ0v) is 17.7. The van der Waals surface area contributed by atoms with Crippen LogP contribution >= 0.6 is 0 Å². The maximum Gasteiger partial charge on any atom is 0.194 e. The molecule has 2 aliphatic carbocycles. The molecule has 0 heterocycles. The highest BCUT2D eigenvalue weighted by Crippen LogP contribution is 2.44. The van der Waals surface area contributed by atoms with Gasteiger partial charge in [-0.15, -0.1) is 0 Å². The topological polar surface area (TPSA) is 26.0 Å². The SMILES string of the molecule is CC(N)C1CCC(C2CCC(c3ccc(-c4cc(F)c(F)c(F)c4)cc3)CC2)CC1. The van der Waals surface area contributed by atoms with E-state index in [1.54, 1.807) is 0 Å². The number of nitrogens with two attached hydrogens (primary N) is 1. The van der Waals surface area contributed by atoms with Gasteiger partial charge >= 0.3 is 0 Å². The van der Waals surface area contributed by atoms with E-state index in [0.717, 1.165) is 24.0 Å². The van der Waals surface area contributed by atoms with Gasteiger partial charge in [-0.25, -0.2) is 13.2 Å². The van der Waals surface area contributed by atoms with Crippen molar-refractivity contribution in [3.8, 4) is 11.1 Å². The summed E-state index contributed by atoms with van der Waals surface area (Å²) in [5, 5.41) is 0. The van der Waals surface area contributed by atoms with Gasteiger partial charge in [-0.1, -0.05) is 24.3 Å². The van der Waals surface area contributed by atoms with E-state index in [1.807, 2.05) is 12.1 Å². The predicted octanol–water partition coefficient (Wildman–Crippen LogP) is 7.20. The van der Waals surface area contributed by atoms with Gasteiger partial charge in [0.1, 0.15) is 0 Å². The average molecular weight is 416 g/mol. The Hall–Kier alpha value is -1.81. The van der Waals surface area contributed by atoms with Crippen molar-refractivity contribution in [2.45, 2.75) is 70.3 Å². The van der Waals surface area contributed by atoms with Crippen LogP contribution in [0.5, 0.6) is 0 Å². The van der Waals surface area contributed by atoms with Crippen molar-refractivity contribution < 1.29 is 13.2 Å². The van der Waals surface area contributed by atoms with Crippen LogP contribution < -0.4 is 5.73 Å². The highest BCUT2D eigenvalue weighted by atomic mass is 19.2. The third kappa shape index (κ3) is 4.59. The number of rotatable bonds is 4. The zero-order chi connectivity index (χ0) is 21.3. The molecule has 4 rings (SSSR count). The Morgan fingerprint density at radius 1 is 0.733 bits per heavy atom. The van der Waals surface area contributed by atoms with Crippen LogP contribution in [0.3, 0.4) is 0 Å². The highest BCUT2D eigenvalue weighted by Gasteiger charge is 2.32. The quantitative estimate of drug-likeness (QED) is 0.525. The van der Waals surface area contributed by atoms with Crippen LogP contribution in [0.1, 0.15) is 69.8 Å². The lowest BCUT2D eigenvalue weighted by Gasteiger charge is -2.38. The van der Waals surface area contributed by atoms with Gasteiger partial charge in [0.05, 0.1) is 0 Å². The summed E-state index contributed by atoms with van der Waals surface area (Å²) in [6, 6.07) is 10.3. The molecule has 1 atom stereocenters. The lowest BCUT2D eigenvalue weighted by Crippen LogP contribution is -2.32. The fourth-order valence-corrected chi connectivity index (χ4v) is 5.74. The largest absolute Gasteiger partial charge is 0.328 e. The van der Waals surface area contributed by atoms with Crippen LogP contribution in [0.4, 0.5) is 13.2 Å². The Bertz CT molecular complexity index is 822. The monoisotopic (exact) mass is 415 g/mol. The lowest BCUT2D eigenvalue weighted by molar-refractivity contribution is 0.152. The standard InChI is InChI=1S/C26H32F3N/c1-16(30)17-2-4-18(5-3-17)19-6-8-20(9-7-19)21-10-12-22(13-11-21)23-14-24(27)26(29)25(28)15-23/h10-20H,2-9,30H2,1H3. The van der Waals surface area contributed by atoms with Crippen LogP contribution in [0.15, 0.2) is 36.4 Å². The van der Waals surface area contributed by atoms with Gasteiger partial charge in [0.25, 0.3) is 0 Å². The van der Waals surface area contributed by atoms with Crippen LogP contribution in [-0.2, 0) is 0 Å². The summed E-state index contributed by atoms with van der Waals surface area (Å²) in [7, 11) is 0. The Balaban J connectivity index is 1.34. The summed E-state index contributed by atoms with van der Waals surface area (Å²) in [6.45, 7) is 2.14. The third-order valence-electron chi connectivity index (χ3n) is 7.70. The van der Waals surface area contributed by atoms with Crippen LogP contribution in [-0.4, -0.2) is 6.04 Å². The molecule has 162 valence electrons. The molecule has 2 aromatic rings. The first-order valence-electron chi connectivity index (χ1n) is 11.4. The van der Waals surface area contributed by atoms with Gasteiger partial charge in [-0.05, 0) is 111 Å². The van der Waals surface area contributed by atoms with Crippen molar-refractivity contribution in [1.82, 2.24) is 0 Å². The Morgan fingerprint density at radius 3 is 1.73 bits per heavy atom. The van der Waals surface area contributed by atoms with Crippen molar-refractivity contribution >= 4 is 0 Å². The number of benzene rings is 2. The Kier molecular flexibility index (Phi) is 6.52. The second kappa shape index (κ2) is 9.13. The molecular formula is C26H32F3N.